The van der Waals surface area contributed by atoms with E-state index in [-0.39, 0.29) is 53.3 Å². The molecular weight excluding hydrogens is 1580 g/mol. The highest BCUT2D eigenvalue weighted by molar-refractivity contribution is 8.24. The maximum absolute atomic E-state index is 13.4. The van der Waals surface area contributed by atoms with Crippen LogP contribution >= 0.6 is 48.0 Å². The average molecular weight is 1680 g/mol. The first-order chi connectivity index (χ1) is 58.3. The zero-order valence-corrected chi connectivity index (χ0v) is 71.7. The third-order valence-corrected chi connectivity index (χ3v) is 23.1. The number of benzene rings is 10. The molecule has 22 heteroatoms. The Morgan fingerprint density at radius 1 is 0.467 bits per heavy atom. The number of hydrazine groups is 2. The van der Waals surface area contributed by atoms with Gasteiger partial charge in [0.15, 0.2) is 0 Å². The van der Waals surface area contributed by atoms with Crippen molar-refractivity contribution in [2.75, 3.05) is 53.5 Å². The molecule has 12 rings (SSSR count). The van der Waals surface area contributed by atoms with Gasteiger partial charge in [0.2, 0.25) is 0 Å². The van der Waals surface area contributed by atoms with Crippen LogP contribution in [-0.2, 0) is 31.9 Å². The van der Waals surface area contributed by atoms with Crippen LogP contribution in [0.3, 0.4) is 0 Å². The van der Waals surface area contributed by atoms with E-state index in [1.807, 2.05) is 115 Å². The maximum Gasteiger partial charge on any atom is 0.337 e. The molecule has 0 aromatic heterocycles. The topological polar surface area (TPSA) is 234 Å². The number of nitrogens with zero attached hydrogens (tertiary/aromatic N) is 2. The first-order valence-electron chi connectivity index (χ1n) is 40.5. The number of aryl methyl sites for hydroxylation is 2. The molecule has 2 aliphatic heterocycles. The number of allylic oxidation sites excluding steroid dienone is 2. The molecule has 0 spiro atoms. The van der Waals surface area contributed by atoms with Crippen molar-refractivity contribution < 1.29 is 47.8 Å². The maximum atomic E-state index is 13.4. The van der Waals surface area contributed by atoms with Gasteiger partial charge >= 0.3 is 24.0 Å². The summed E-state index contributed by atoms with van der Waals surface area (Å²) in [4.78, 5) is 104. The molecule has 18 nitrogen and oxygen atoms in total. The molecule has 2 atom stereocenters. The number of thioether (sulfide) groups is 2. The molecule has 0 bridgehead atoms. The second-order valence-corrected chi connectivity index (χ2v) is 31.8. The third-order valence-electron chi connectivity index (χ3n) is 19.9. The smallest absolute Gasteiger partial charge is 0.337 e. The standard InChI is InChI=1S/C49H52N4O5S2.C23H20N4O3.C14H18O2S2.C12H14/c1-4-7-15-33-24-26-34(27-25-33)36(18-13-23-44(54)58-30-8-5-2)32-43(60-48(59)35-16-10-9-11-17-35)37-19-12-20-38(31-37)50-49(57)52-51-42-29-28-41-45-39(42)21-14-22-40(45)46(55)53(6-3)47(41)56;1-3-14-8-10-15(11-9-14)24-23(30)26-25-19-13-12-18-20-16(19)6-5-7-17(20)21(28)27(4-2)22(18)29;1-2-3-10-16-13(15)9-11-18-14(17)12-7-5-4-6-8-12;1-3-5-6-12-9-7-11(4-2)8-10-12/h4,9-12,14,16-17,19-22,24-29,31,36,43,51H,1,5-8,13,15,18,23,30,32H2,2-3H3,(H2,50,52,57);3,5-13,25H,1,4H2,2H3,(H2,24,26,30);4-8H,2-3,9-11H2,1H3;3-4,7-10H,1-2,5-6H2. The zero-order chi connectivity index (χ0) is 85.7. The Kier molecular flexibility index (Phi) is 36.8. The number of urea groups is 2. The van der Waals surface area contributed by atoms with E-state index in [4.69, 9.17) is 33.9 Å². The molecule has 0 radical (unpaired) electrons. The number of anilines is 4. The summed E-state index contributed by atoms with van der Waals surface area (Å²) in [7, 11) is 0. The quantitative estimate of drug-likeness (QED) is 0.00535. The fourth-order valence-electron chi connectivity index (χ4n) is 13.4. The van der Waals surface area contributed by atoms with E-state index in [0.29, 0.717) is 111 Å². The molecule has 6 N–H and O–H groups in total. The number of esters is 2. The summed E-state index contributed by atoms with van der Waals surface area (Å²) in [5.41, 5.74) is 24.3. The van der Waals surface area contributed by atoms with Crippen molar-refractivity contribution in [2.24, 2.45) is 0 Å². The highest BCUT2D eigenvalue weighted by Crippen LogP contribution is 2.43. The van der Waals surface area contributed by atoms with E-state index >= 15 is 0 Å². The Balaban J connectivity index is 0.000000222. The predicted octanol–water partition coefficient (Wildman–Crippen LogP) is 23.1. The monoisotopic (exact) mass is 1680 g/mol. The average Bonchev–Trinajstić information content (AvgIpc) is 0.746. The summed E-state index contributed by atoms with van der Waals surface area (Å²) < 4.78 is 12.1. The van der Waals surface area contributed by atoms with Gasteiger partial charge in [0.1, 0.15) is 0 Å². The van der Waals surface area contributed by atoms with Crippen LogP contribution in [0.1, 0.15) is 195 Å². The van der Waals surface area contributed by atoms with E-state index < -0.39 is 12.1 Å². The van der Waals surface area contributed by atoms with Gasteiger partial charge in [-0.3, -0.25) is 60.3 Å². The Morgan fingerprint density at radius 2 is 0.917 bits per heavy atom. The van der Waals surface area contributed by atoms with Gasteiger partial charge in [-0.25, -0.2) is 9.59 Å². The predicted molar refractivity (Wildman–Crippen MR) is 501 cm³/mol. The molecule has 0 saturated carbocycles. The van der Waals surface area contributed by atoms with Gasteiger partial charge in [0.05, 0.1) is 39.4 Å². The minimum absolute atomic E-state index is 0.0886. The SMILES string of the molecule is C=CCCc1ccc(C(CCCC(=O)OCCCC)CC(SC(=S)c2ccccc2)c2cccc(NC(=O)NNc3ccc4c5c(cccc35)C(=O)N(CC)C4=O)c2)cc1.C=CCCc1ccc(C=C)cc1.C=Cc1ccc(NC(=O)NNc2ccc3c4c(cccc24)C(=O)N(CC)C3=O)cc1.CCCCOC(=O)CCSC(=S)c1ccccc1. The highest BCUT2D eigenvalue weighted by atomic mass is 32.2. The minimum Gasteiger partial charge on any atom is -0.466 e. The van der Waals surface area contributed by atoms with Crippen molar-refractivity contribution >= 4 is 160 Å². The normalized spacial score (nSPS) is 12.1. The second kappa shape index (κ2) is 48.1. The van der Waals surface area contributed by atoms with Crippen molar-refractivity contribution in [2.45, 2.75) is 122 Å². The van der Waals surface area contributed by atoms with Crippen molar-refractivity contribution in [1.29, 1.82) is 0 Å². The van der Waals surface area contributed by atoms with Crippen LogP contribution in [0, 0.1) is 0 Å². The molecule has 620 valence electrons. The van der Waals surface area contributed by atoms with Gasteiger partial charge in [-0.05, 0) is 183 Å². The lowest BCUT2D eigenvalue weighted by molar-refractivity contribution is -0.144. The fraction of sp³-hybridized carbons (Fsp3) is 0.245. The Morgan fingerprint density at radius 3 is 1.39 bits per heavy atom. The first kappa shape index (κ1) is 91.8. The van der Waals surface area contributed by atoms with Gasteiger partial charge < -0.3 is 20.1 Å². The van der Waals surface area contributed by atoms with Crippen molar-refractivity contribution in [3.05, 3.63) is 324 Å². The van der Waals surface area contributed by atoms with E-state index in [9.17, 15) is 38.4 Å². The molecule has 10 aromatic carbocycles. The summed E-state index contributed by atoms with van der Waals surface area (Å²) in [5, 5.41) is 8.07. The molecule has 0 fully saturated rings. The van der Waals surface area contributed by atoms with E-state index in [1.165, 1.54) is 43.8 Å². The number of carbonyl (C=O) groups is 8. The first-order valence-corrected chi connectivity index (χ1v) is 43.2. The lowest BCUT2D eigenvalue weighted by Crippen LogP contribution is -2.40. The molecular formula is C98H104N8O10S4. The molecule has 0 saturated heterocycles. The van der Waals surface area contributed by atoms with Crippen LogP contribution in [0.4, 0.5) is 32.3 Å². The molecule has 10 aromatic rings. The van der Waals surface area contributed by atoms with Crippen LogP contribution in [0.15, 0.2) is 257 Å². The number of nitrogens with one attached hydrogen (secondary N) is 6. The number of unbranched alkanes of at least 4 members (excludes halogenated alkanes) is 2. The van der Waals surface area contributed by atoms with Crippen LogP contribution in [0.5, 0.6) is 0 Å². The Labute approximate surface area is 723 Å². The number of hydrogen-bond acceptors (Lipinski definition) is 16. The summed E-state index contributed by atoms with van der Waals surface area (Å²) in [5.74, 6) is -0.809. The van der Waals surface area contributed by atoms with Crippen molar-refractivity contribution in [3.63, 3.8) is 0 Å². The lowest BCUT2D eigenvalue weighted by atomic mass is 9.87. The van der Waals surface area contributed by atoms with Crippen molar-refractivity contribution in [1.82, 2.24) is 20.7 Å². The van der Waals surface area contributed by atoms with E-state index in [1.54, 1.807) is 98.4 Å². The molecule has 120 heavy (non-hydrogen) atoms. The number of hydrogen-bond donors (Lipinski definition) is 6. The number of rotatable bonds is 36. The van der Waals surface area contributed by atoms with Gasteiger partial charge in [0.25, 0.3) is 23.6 Å². The third kappa shape index (κ3) is 26.5. The Hall–Kier alpha value is -12.1. The van der Waals surface area contributed by atoms with Gasteiger partial charge in [-0.1, -0.05) is 246 Å². The fourth-order valence-corrected chi connectivity index (χ4v) is 16.1. The molecule has 2 unspecified atom stereocenters. The second-order valence-electron chi connectivity index (χ2n) is 28.2. The summed E-state index contributed by atoms with van der Waals surface area (Å²) in [6, 6.07) is 68.5. The summed E-state index contributed by atoms with van der Waals surface area (Å²) in [6.45, 7) is 24.2. The van der Waals surface area contributed by atoms with Gasteiger partial charge in [-0.15, -0.1) is 36.7 Å². The zero-order valence-electron chi connectivity index (χ0n) is 68.4. The highest BCUT2D eigenvalue weighted by Gasteiger charge is 2.34. The summed E-state index contributed by atoms with van der Waals surface area (Å²) >= 11 is 14.5. The van der Waals surface area contributed by atoms with Crippen LogP contribution in [0.2, 0.25) is 0 Å². The van der Waals surface area contributed by atoms with Gasteiger partial charge in [0, 0.05) is 85.7 Å². The van der Waals surface area contributed by atoms with E-state index in [2.05, 4.69) is 127 Å². The molecule has 2 aliphatic rings. The Bertz CT molecular complexity index is 5220. The number of imide groups is 2. The van der Waals surface area contributed by atoms with Crippen LogP contribution in [0.25, 0.3) is 33.7 Å². The summed E-state index contributed by atoms with van der Waals surface area (Å²) in [6.07, 6.45) is 18.2. The number of ether oxygens (including phenoxy) is 2. The number of carbonyl (C=O) groups excluding carboxylic acids is 8. The number of thiocarbonyl (C=S) groups is 2. The van der Waals surface area contributed by atoms with E-state index in [0.717, 1.165) is 94.9 Å². The number of amides is 8. The van der Waals surface area contributed by atoms with Crippen LogP contribution in [-0.4, -0.2) is 97.9 Å². The minimum atomic E-state index is -0.499. The molecule has 8 amide bonds. The lowest BCUT2D eigenvalue weighted by Gasteiger charge is -2.26. The van der Waals surface area contributed by atoms with Crippen LogP contribution < -0.4 is 32.3 Å². The van der Waals surface area contributed by atoms with Crippen molar-refractivity contribution in [3.8, 4) is 0 Å². The largest absolute Gasteiger partial charge is 0.466 e. The molecule has 0 aliphatic carbocycles. The van der Waals surface area contributed by atoms with Gasteiger partial charge in [-0.2, -0.15) is 0 Å². The molecule has 2 heterocycles.